The van der Waals surface area contributed by atoms with Gasteiger partial charge in [-0.3, -0.25) is 9.69 Å². The number of nitrogens with one attached hydrogen (secondary N) is 2. The maximum Gasteiger partial charge on any atom is 0.255 e. The second-order valence-electron chi connectivity index (χ2n) is 5.76. The van der Waals surface area contributed by atoms with Gasteiger partial charge in [0.2, 0.25) is 0 Å². The van der Waals surface area contributed by atoms with Gasteiger partial charge in [0.05, 0.1) is 5.56 Å². The van der Waals surface area contributed by atoms with Crippen molar-refractivity contribution in [3.63, 3.8) is 0 Å². The van der Waals surface area contributed by atoms with Crippen molar-refractivity contribution in [1.29, 1.82) is 0 Å². The quantitative estimate of drug-likeness (QED) is 0.830. The molecule has 0 bridgehead atoms. The van der Waals surface area contributed by atoms with Crippen molar-refractivity contribution in [1.82, 2.24) is 15.5 Å². The number of carbonyl (C=O) groups is 1. The number of hydrogen-bond donors (Lipinski definition) is 2. The molecular weight excluding hydrogens is 338 g/mol. The van der Waals surface area contributed by atoms with E-state index in [1.54, 1.807) is 6.07 Å². The van der Waals surface area contributed by atoms with Gasteiger partial charge in [0.15, 0.2) is 0 Å². The second kappa shape index (κ2) is 10.0. The van der Waals surface area contributed by atoms with Crippen LogP contribution >= 0.6 is 12.4 Å². The highest BCUT2D eigenvalue weighted by Gasteiger charge is 2.14. The van der Waals surface area contributed by atoms with E-state index in [-0.39, 0.29) is 18.3 Å². The lowest BCUT2D eigenvalue weighted by Gasteiger charge is -2.27. The zero-order chi connectivity index (χ0) is 16.6. The smallest absolute Gasteiger partial charge is 0.255 e. The molecule has 0 saturated carbocycles. The van der Waals surface area contributed by atoms with Crippen molar-refractivity contribution in [2.24, 2.45) is 0 Å². The summed E-state index contributed by atoms with van der Waals surface area (Å²) in [4.78, 5) is 14.8. The Kier molecular flexibility index (Phi) is 7.73. The van der Waals surface area contributed by atoms with Gasteiger partial charge in [0.1, 0.15) is 11.5 Å². The minimum Gasteiger partial charge on any atom is -0.457 e. The van der Waals surface area contributed by atoms with Crippen molar-refractivity contribution in [2.45, 2.75) is 0 Å². The van der Waals surface area contributed by atoms with Crippen molar-refractivity contribution >= 4 is 18.3 Å². The number of piperazine rings is 1. The Morgan fingerprint density at radius 2 is 1.72 bits per heavy atom. The molecule has 1 heterocycles. The second-order valence-corrected chi connectivity index (χ2v) is 5.76. The molecule has 1 aliphatic heterocycles. The highest BCUT2D eigenvalue weighted by Crippen LogP contribution is 2.24. The van der Waals surface area contributed by atoms with Gasteiger partial charge in [-0.25, -0.2) is 0 Å². The molecule has 6 heteroatoms. The van der Waals surface area contributed by atoms with Crippen LogP contribution in [0, 0.1) is 0 Å². The van der Waals surface area contributed by atoms with Gasteiger partial charge in [-0.15, -0.1) is 12.4 Å². The molecule has 2 aromatic rings. The first-order valence-electron chi connectivity index (χ1n) is 8.36. The predicted octanol–water partition coefficient (Wildman–Crippen LogP) is 2.54. The molecule has 1 fully saturated rings. The van der Waals surface area contributed by atoms with Gasteiger partial charge in [-0.1, -0.05) is 30.3 Å². The molecule has 1 saturated heterocycles. The molecule has 0 spiro atoms. The standard InChI is InChI=1S/C19H23N3O2.ClH/c23-19(21-12-15-22-13-10-20-11-14-22)17-8-4-5-9-18(17)24-16-6-2-1-3-7-16;/h1-9,20H,10-15H2,(H,21,23);1H. The average molecular weight is 362 g/mol. The van der Waals surface area contributed by atoms with Crippen molar-refractivity contribution in [2.75, 3.05) is 39.3 Å². The number of halogens is 1. The van der Waals surface area contributed by atoms with Crippen molar-refractivity contribution in [3.8, 4) is 11.5 Å². The first kappa shape index (κ1) is 19.2. The lowest BCUT2D eigenvalue weighted by atomic mass is 10.2. The molecule has 1 aliphatic rings. The zero-order valence-electron chi connectivity index (χ0n) is 14.1. The van der Waals surface area contributed by atoms with E-state index in [1.165, 1.54) is 0 Å². The molecule has 25 heavy (non-hydrogen) atoms. The molecule has 134 valence electrons. The Morgan fingerprint density at radius 3 is 2.48 bits per heavy atom. The Labute approximate surface area is 154 Å². The van der Waals surface area contributed by atoms with E-state index in [9.17, 15) is 4.79 Å². The zero-order valence-corrected chi connectivity index (χ0v) is 14.9. The van der Waals surface area contributed by atoms with Gasteiger partial charge >= 0.3 is 0 Å². The normalized spacial score (nSPS) is 14.4. The number of nitrogens with zero attached hydrogens (tertiary/aromatic N) is 1. The molecule has 2 N–H and O–H groups in total. The topological polar surface area (TPSA) is 53.6 Å². The van der Waals surface area contributed by atoms with Gasteiger partial charge in [-0.2, -0.15) is 0 Å². The highest BCUT2D eigenvalue weighted by molar-refractivity contribution is 5.97. The monoisotopic (exact) mass is 361 g/mol. The van der Waals surface area contributed by atoms with Crippen molar-refractivity contribution < 1.29 is 9.53 Å². The molecule has 2 aromatic carbocycles. The van der Waals surface area contributed by atoms with E-state index in [4.69, 9.17) is 4.74 Å². The van der Waals surface area contributed by atoms with Gasteiger partial charge < -0.3 is 15.4 Å². The van der Waals surface area contributed by atoms with Gasteiger partial charge in [0, 0.05) is 39.3 Å². The van der Waals surface area contributed by atoms with E-state index < -0.39 is 0 Å². The van der Waals surface area contributed by atoms with Crippen LogP contribution in [0.5, 0.6) is 11.5 Å². The molecule has 3 rings (SSSR count). The van der Waals surface area contributed by atoms with Crippen LogP contribution in [0.15, 0.2) is 54.6 Å². The number of benzene rings is 2. The van der Waals surface area contributed by atoms with E-state index >= 15 is 0 Å². The first-order valence-corrected chi connectivity index (χ1v) is 8.36. The third-order valence-electron chi connectivity index (χ3n) is 4.03. The Bertz CT molecular complexity index is 661. The summed E-state index contributed by atoms with van der Waals surface area (Å²) in [6.07, 6.45) is 0. The Balaban J connectivity index is 0.00000225. The molecule has 0 aliphatic carbocycles. The summed E-state index contributed by atoms with van der Waals surface area (Å²) in [5.41, 5.74) is 0.557. The van der Waals surface area contributed by atoms with Crippen LogP contribution in [0.2, 0.25) is 0 Å². The van der Waals surface area contributed by atoms with Crippen LogP contribution in [0.25, 0.3) is 0 Å². The molecule has 0 aromatic heterocycles. The number of hydrogen-bond acceptors (Lipinski definition) is 4. The number of ether oxygens (including phenoxy) is 1. The first-order chi connectivity index (χ1) is 11.8. The maximum atomic E-state index is 12.5. The highest BCUT2D eigenvalue weighted by atomic mass is 35.5. The summed E-state index contributed by atoms with van der Waals surface area (Å²) in [6.45, 7) is 5.60. The lowest BCUT2D eigenvalue weighted by molar-refractivity contribution is 0.0945. The molecule has 5 nitrogen and oxygen atoms in total. The minimum absolute atomic E-state index is 0. The van der Waals surface area contributed by atoms with Gasteiger partial charge in [-0.05, 0) is 24.3 Å². The van der Waals surface area contributed by atoms with Crippen molar-refractivity contribution in [3.05, 3.63) is 60.2 Å². The summed E-state index contributed by atoms with van der Waals surface area (Å²) >= 11 is 0. The summed E-state index contributed by atoms with van der Waals surface area (Å²) in [5.74, 6) is 1.19. The summed E-state index contributed by atoms with van der Waals surface area (Å²) in [7, 11) is 0. The Hall–Kier alpha value is -2.08. The number of amides is 1. The lowest BCUT2D eigenvalue weighted by Crippen LogP contribution is -2.46. The fraction of sp³-hybridized carbons (Fsp3) is 0.316. The van der Waals surface area contributed by atoms with Crippen LogP contribution in [-0.4, -0.2) is 50.1 Å². The SMILES string of the molecule is Cl.O=C(NCCN1CCNCC1)c1ccccc1Oc1ccccc1. The maximum absolute atomic E-state index is 12.5. The third-order valence-corrected chi connectivity index (χ3v) is 4.03. The van der Waals surface area contributed by atoms with Crippen LogP contribution in [-0.2, 0) is 0 Å². The van der Waals surface area contributed by atoms with Gasteiger partial charge in [0.25, 0.3) is 5.91 Å². The molecule has 0 unspecified atom stereocenters. The van der Waals surface area contributed by atoms with Crippen LogP contribution in [0.3, 0.4) is 0 Å². The summed E-state index contributed by atoms with van der Waals surface area (Å²) < 4.78 is 5.85. The van der Waals surface area contributed by atoms with E-state index in [2.05, 4.69) is 15.5 Å². The predicted molar refractivity (Wildman–Crippen MR) is 102 cm³/mol. The largest absolute Gasteiger partial charge is 0.457 e. The fourth-order valence-corrected chi connectivity index (χ4v) is 2.72. The van der Waals surface area contributed by atoms with Crippen LogP contribution < -0.4 is 15.4 Å². The van der Waals surface area contributed by atoms with E-state index in [0.29, 0.717) is 17.9 Å². The summed E-state index contributed by atoms with van der Waals surface area (Å²) in [5, 5.41) is 6.32. The molecular formula is C19H24ClN3O2. The van der Waals surface area contributed by atoms with Crippen LogP contribution in [0.4, 0.5) is 0 Å². The number of carbonyl (C=O) groups excluding carboxylic acids is 1. The molecule has 0 radical (unpaired) electrons. The average Bonchev–Trinajstić information content (AvgIpc) is 2.64. The summed E-state index contributed by atoms with van der Waals surface area (Å²) in [6, 6.07) is 16.8. The third kappa shape index (κ3) is 5.74. The van der Waals surface area contributed by atoms with E-state index in [1.807, 2.05) is 48.5 Å². The molecule has 1 amide bonds. The van der Waals surface area contributed by atoms with Crippen LogP contribution in [0.1, 0.15) is 10.4 Å². The number of para-hydroxylation sites is 2. The van der Waals surface area contributed by atoms with E-state index in [0.717, 1.165) is 38.5 Å². The number of rotatable bonds is 6. The fourth-order valence-electron chi connectivity index (χ4n) is 2.72. The Morgan fingerprint density at radius 1 is 1.04 bits per heavy atom. The molecule has 0 atom stereocenters. The minimum atomic E-state index is -0.100.